The van der Waals surface area contributed by atoms with E-state index in [1.54, 1.807) is 0 Å². The van der Waals surface area contributed by atoms with Gasteiger partial charge >= 0.3 is 0 Å². The third kappa shape index (κ3) is 2.08. The van der Waals surface area contributed by atoms with Gasteiger partial charge in [0.1, 0.15) is 0 Å². The molecule has 0 unspecified atom stereocenters. The molecule has 6 heteroatoms. The minimum absolute atomic E-state index is 0.0408. The Hall–Kier alpha value is -1.69. The highest BCUT2D eigenvalue weighted by Gasteiger charge is 2.31. The zero-order valence-electron chi connectivity index (χ0n) is 9.13. The molecule has 0 saturated carbocycles. The molecule has 2 rings (SSSR count). The molecule has 0 saturated heterocycles. The number of carbonyl (C=O) groups excluding carboxylic acids is 1. The number of ether oxygens (including phenoxy) is 2. The molecule has 1 aliphatic rings. The van der Waals surface area contributed by atoms with Crippen LogP contribution in [0.25, 0.3) is 0 Å². The largest absolute Gasteiger partial charge is 0.454 e. The molecule has 1 heterocycles. The monoisotopic (exact) mass is 243 g/mol. The molecule has 17 heavy (non-hydrogen) atoms. The Morgan fingerprint density at radius 3 is 2.76 bits per heavy atom. The van der Waals surface area contributed by atoms with Crippen LogP contribution in [0, 0.1) is 0 Å². The van der Waals surface area contributed by atoms with E-state index < -0.39 is 11.7 Å². The lowest BCUT2D eigenvalue weighted by Crippen LogP contribution is -2.16. The molecule has 1 aromatic carbocycles. The highest BCUT2D eigenvalue weighted by molar-refractivity contribution is 6.01. The molecule has 0 aromatic heterocycles. The summed E-state index contributed by atoms with van der Waals surface area (Å²) in [4.78, 5) is 11.5. The van der Waals surface area contributed by atoms with Crippen molar-refractivity contribution in [2.45, 2.75) is 12.8 Å². The van der Waals surface area contributed by atoms with E-state index in [0.717, 1.165) is 13.0 Å². The predicted octanol–water partition coefficient (Wildman–Crippen LogP) is 1.67. The van der Waals surface area contributed by atoms with Crippen molar-refractivity contribution < 1.29 is 23.0 Å². The number of alkyl halides is 2. The number of carbonyl (C=O) groups is 1. The normalized spacial score (nSPS) is 13.9. The maximum atomic E-state index is 13.2. The summed E-state index contributed by atoms with van der Waals surface area (Å²) < 4.78 is 36.6. The fraction of sp³-hybridized carbons (Fsp3) is 0.364. The zero-order valence-corrected chi connectivity index (χ0v) is 9.13. The molecule has 0 bridgehead atoms. The second-order valence-corrected chi connectivity index (χ2v) is 3.77. The first-order valence-electron chi connectivity index (χ1n) is 4.98. The second kappa shape index (κ2) is 3.96. The smallest absolute Gasteiger partial charge is 0.270 e. The van der Waals surface area contributed by atoms with Gasteiger partial charge in [-0.1, -0.05) is 0 Å². The van der Waals surface area contributed by atoms with Crippen molar-refractivity contribution >= 4 is 5.78 Å². The standard InChI is InChI=1S/C11H11F2NO3/c1-11(12,13)6-2-7(8(15)4-14)10-9(3-6)16-5-17-10/h2-3H,4-5,14H2,1H3. The van der Waals surface area contributed by atoms with Crippen LogP contribution in [0.15, 0.2) is 12.1 Å². The summed E-state index contributed by atoms with van der Waals surface area (Å²) in [5, 5.41) is 0. The van der Waals surface area contributed by atoms with Crippen molar-refractivity contribution in [3.8, 4) is 11.5 Å². The van der Waals surface area contributed by atoms with E-state index in [1.807, 2.05) is 0 Å². The number of nitrogens with two attached hydrogens (primary N) is 1. The van der Waals surface area contributed by atoms with E-state index in [-0.39, 0.29) is 36.0 Å². The molecule has 2 N–H and O–H groups in total. The van der Waals surface area contributed by atoms with Gasteiger partial charge in [-0.25, -0.2) is 8.78 Å². The maximum absolute atomic E-state index is 13.2. The quantitative estimate of drug-likeness (QED) is 0.820. The van der Waals surface area contributed by atoms with E-state index >= 15 is 0 Å². The fourth-order valence-corrected chi connectivity index (χ4v) is 1.58. The minimum Gasteiger partial charge on any atom is -0.454 e. The highest BCUT2D eigenvalue weighted by Crippen LogP contribution is 2.40. The van der Waals surface area contributed by atoms with Crippen LogP contribution in [0.1, 0.15) is 22.8 Å². The molecule has 4 nitrogen and oxygen atoms in total. The number of hydrogen-bond donors (Lipinski definition) is 1. The highest BCUT2D eigenvalue weighted by atomic mass is 19.3. The molecule has 0 amide bonds. The van der Waals surface area contributed by atoms with Crippen molar-refractivity contribution in [3.63, 3.8) is 0 Å². The zero-order chi connectivity index (χ0) is 12.6. The summed E-state index contributed by atoms with van der Waals surface area (Å²) in [5.74, 6) is -3.17. The molecule has 0 spiro atoms. The fourth-order valence-electron chi connectivity index (χ4n) is 1.58. The summed E-state index contributed by atoms with van der Waals surface area (Å²) in [6.07, 6.45) is 0. The van der Waals surface area contributed by atoms with Gasteiger partial charge in [0.25, 0.3) is 5.92 Å². The topological polar surface area (TPSA) is 61.6 Å². The second-order valence-electron chi connectivity index (χ2n) is 3.77. The van der Waals surface area contributed by atoms with E-state index in [2.05, 4.69) is 0 Å². The maximum Gasteiger partial charge on any atom is 0.270 e. The van der Waals surface area contributed by atoms with Crippen LogP contribution in [0.2, 0.25) is 0 Å². The number of rotatable bonds is 3. The van der Waals surface area contributed by atoms with Crippen LogP contribution in [0.4, 0.5) is 8.78 Å². The molecule has 1 aliphatic heterocycles. The van der Waals surface area contributed by atoms with Crippen molar-refractivity contribution in [1.29, 1.82) is 0 Å². The summed E-state index contributed by atoms with van der Waals surface area (Å²) in [5.41, 5.74) is 4.97. The lowest BCUT2D eigenvalue weighted by Gasteiger charge is -2.13. The van der Waals surface area contributed by atoms with Crippen LogP contribution in [-0.4, -0.2) is 19.1 Å². The number of ketones is 1. The first kappa shape index (κ1) is 11.8. The van der Waals surface area contributed by atoms with E-state index in [9.17, 15) is 13.6 Å². The van der Waals surface area contributed by atoms with Crippen molar-refractivity contribution in [3.05, 3.63) is 23.3 Å². The Morgan fingerprint density at radius 2 is 2.18 bits per heavy atom. The van der Waals surface area contributed by atoms with Gasteiger partial charge in [0.15, 0.2) is 17.3 Å². The lowest BCUT2D eigenvalue weighted by molar-refractivity contribution is 0.0172. The lowest BCUT2D eigenvalue weighted by atomic mass is 10.0. The van der Waals surface area contributed by atoms with E-state index in [1.165, 1.54) is 6.07 Å². The Kier molecular flexibility index (Phi) is 2.74. The Bertz CT molecular complexity index is 469. The van der Waals surface area contributed by atoms with Crippen LogP contribution in [-0.2, 0) is 5.92 Å². The van der Waals surface area contributed by atoms with Crippen molar-refractivity contribution in [2.75, 3.05) is 13.3 Å². The third-order valence-corrected chi connectivity index (χ3v) is 2.47. The number of benzene rings is 1. The first-order valence-corrected chi connectivity index (χ1v) is 4.98. The molecule has 0 fully saturated rings. The SMILES string of the molecule is CC(F)(F)c1cc2c(c(C(=O)CN)c1)OCO2. The molecule has 0 atom stereocenters. The average Bonchev–Trinajstić information content (AvgIpc) is 2.73. The number of fused-ring (bicyclic) bond motifs is 1. The minimum atomic E-state index is -3.05. The van der Waals surface area contributed by atoms with Crippen LogP contribution >= 0.6 is 0 Å². The molecular formula is C11H11F2NO3. The third-order valence-electron chi connectivity index (χ3n) is 2.47. The molecule has 0 aliphatic carbocycles. The summed E-state index contributed by atoms with van der Waals surface area (Å²) in [6, 6.07) is 2.28. The summed E-state index contributed by atoms with van der Waals surface area (Å²) in [7, 11) is 0. The van der Waals surface area contributed by atoms with Crippen LogP contribution < -0.4 is 15.2 Å². The van der Waals surface area contributed by atoms with Gasteiger partial charge in [0.05, 0.1) is 12.1 Å². The molecular weight excluding hydrogens is 232 g/mol. The van der Waals surface area contributed by atoms with Gasteiger partial charge < -0.3 is 15.2 Å². The molecule has 92 valence electrons. The Labute approximate surface area is 96.3 Å². The summed E-state index contributed by atoms with van der Waals surface area (Å²) in [6.45, 7) is 0.398. The van der Waals surface area contributed by atoms with Gasteiger partial charge in [-0.2, -0.15) is 0 Å². The van der Waals surface area contributed by atoms with Gasteiger partial charge in [-0.05, 0) is 12.1 Å². The van der Waals surface area contributed by atoms with E-state index in [0.29, 0.717) is 0 Å². The van der Waals surface area contributed by atoms with Gasteiger partial charge in [0, 0.05) is 12.5 Å². The molecule has 1 aromatic rings. The van der Waals surface area contributed by atoms with Gasteiger partial charge in [0.2, 0.25) is 6.79 Å². The first-order chi connectivity index (χ1) is 7.93. The molecule has 0 radical (unpaired) electrons. The van der Waals surface area contributed by atoms with Gasteiger partial charge in [-0.15, -0.1) is 0 Å². The van der Waals surface area contributed by atoms with E-state index in [4.69, 9.17) is 15.2 Å². The van der Waals surface area contributed by atoms with Crippen molar-refractivity contribution in [2.24, 2.45) is 5.73 Å². The summed E-state index contributed by atoms with van der Waals surface area (Å²) >= 11 is 0. The van der Waals surface area contributed by atoms with Crippen LogP contribution in [0.3, 0.4) is 0 Å². The van der Waals surface area contributed by atoms with Crippen LogP contribution in [0.5, 0.6) is 11.5 Å². The van der Waals surface area contributed by atoms with Gasteiger partial charge in [-0.3, -0.25) is 4.79 Å². The average molecular weight is 243 g/mol. The number of halogens is 2. The number of Topliss-reactive ketones (excluding diaryl/α,β-unsaturated/α-hetero) is 1. The van der Waals surface area contributed by atoms with Crippen molar-refractivity contribution in [1.82, 2.24) is 0 Å². The Morgan fingerprint density at radius 1 is 1.47 bits per heavy atom. The number of hydrogen-bond acceptors (Lipinski definition) is 4. The Balaban J connectivity index is 2.58. The predicted molar refractivity (Wildman–Crippen MR) is 55.5 cm³/mol.